The zero-order chi connectivity index (χ0) is 13.7. The molecule has 19 heavy (non-hydrogen) atoms. The molecule has 0 spiro atoms. The third kappa shape index (κ3) is 4.87. The van der Waals surface area contributed by atoms with Gasteiger partial charge in [0.15, 0.2) is 0 Å². The van der Waals surface area contributed by atoms with Gasteiger partial charge < -0.3 is 15.5 Å². The van der Waals surface area contributed by atoms with Crippen molar-refractivity contribution in [3.05, 3.63) is 24.0 Å². The van der Waals surface area contributed by atoms with E-state index in [0.717, 1.165) is 18.7 Å². The molecule has 5 heteroatoms. The molecule has 1 heterocycles. The first-order chi connectivity index (χ1) is 9.15. The molecule has 0 aliphatic heterocycles. The van der Waals surface area contributed by atoms with E-state index in [2.05, 4.69) is 20.5 Å². The normalized spacial score (nSPS) is 14.5. The number of pyridine rings is 1. The quantitative estimate of drug-likeness (QED) is 0.728. The van der Waals surface area contributed by atoms with E-state index in [-0.39, 0.29) is 5.91 Å². The number of rotatable bonds is 7. The zero-order valence-corrected chi connectivity index (χ0v) is 11.6. The molecule has 0 aromatic carbocycles. The molecule has 104 valence electrons. The molecule has 2 N–H and O–H groups in total. The maximum absolute atomic E-state index is 11.9. The predicted octanol–water partition coefficient (Wildman–Crippen LogP) is 1.34. The lowest BCUT2D eigenvalue weighted by atomic mass is 10.3. The number of hydrogen-bond donors (Lipinski definition) is 2. The largest absolute Gasteiger partial charge is 0.382 e. The highest BCUT2D eigenvalue weighted by Gasteiger charge is 2.21. The lowest BCUT2D eigenvalue weighted by molar-refractivity contribution is 0.0947. The average Bonchev–Trinajstić information content (AvgIpc) is 3.18. The molecule has 5 nitrogen and oxygen atoms in total. The fourth-order valence-electron chi connectivity index (χ4n) is 1.80. The van der Waals surface area contributed by atoms with Crippen LogP contribution in [-0.4, -0.2) is 49.0 Å². The second-order valence-electron chi connectivity index (χ2n) is 5.26. The number of aromatic nitrogens is 1. The first-order valence-electron chi connectivity index (χ1n) is 6.80. The van der Waals surface area contributed by atoms with Crippen molar-refractivity contribution in [1.82, 2.24) is 15.2 Å². The summed E-state index contributed by atoms with van der Waals surface area (Å²) in [7, 11) is 4.05. The van der Waals surface area contributed by atoms with E-state index in [9.17, 15) is 4.79 Å². The molecular formula is C14H22N4O. The van der Waals surface area contributed by atoms with Gasteiger partial charge in [-0.15, -0.1) is 0 Å². The minimum atomic E-state index is -0.0989. The van der Waals surface area contributed by atoms with Crippen molar-refractivity contribution in [2.45, 2.75) is 25.3 Å². The summed E-state index contributed by atoms with van der Waals surface area (Å²) in [6.45, 7) is 1.65. The molecule has 0 radical (unpaired) electrons. The van der Waals surface area contributed by atoms with Gasteiger partial charge >= 0.3 is 0 Å². The average molecular weight is 262 g/mol. The lowest BCUT2D eigenvalue weighted by Gasteiger charge is -2.10. The minimum Gasteiger partial charge on any atom is -0.382 e. The maximum Gasteiger partial charge on any atom is 0.269 e. The van der Waals surface area contributed by atoms with Crippen LogP contribution < -0.4 is 10.6 Å². The summed E-state index contributed by atoms with van der Waals surface area (Å²) in [5, 5.41) is 6.26. The van der Waals surface area contributed by atoms with Crippen LogP contribution in [0.3, 0.4) is 0 Å². The SMILES string of the molecule is CN(C)CCCNC(=O)c1cc(NC2CC2)ccn1. The number of hydrogen-bond acceptors (Lipinski definition) is 4. The van der Waals surface area contributed by atoms with Crippen LogP contribution >= 0.6 is 0 Å². The Morgan fingerprint density at radius 1 is 1.47 bits per heavy atom. The molecule has 1 fully saturated rings. The third-order valence-corrected chi connectivity index (χ3v) is 3.01. The lowest BCUT2D eigenvalue weighted by Crippen LogP contribution is -2.27. The Bertz CT molecular complexity index is 429. The van der Waals surface area contributed by atoms with Gasteiger partial charge in [0.25, 0.3) is 5.91 Å². The first-order valence-corrected chi connectivity index (χ1v) is 6.80. The molecular weight excluding hydrogens is 240 g/mol. The van der Waals surface area contributed by atoms with Crippen molar-refractivity contribution in [3.8, 4) is 0 Å². The van der Waals surface area contributed by atoms with Crippen LogP contribution in [0, 0.1) is 0 Å². The van der Waals surface area contributed by atoms with E-state index >= 15 is 0 Å². The number of anilines is 1. The van der Waals surface area contributed by atoms with Crippen LogP contribution in [0.15, 0.2) is 18.3 Å². The molecule has 0 saturated heterocycles. The van der Waals surface area contributed by atoms with Crippen LogP contribution in [0.1, 0.15) is 29.8 Å². The van der Waals surface area contributed by atoms with Crippen molar-refractivity contribution >= 4 is 11.6 Å². The molecule has 0 bridgehead atoms. The van der Waals surface area contributed by atoms with E-state index in [1.54, 1.807) is 6.20 Å². The highest BCUT2D eigenvalue weighted by Crippen LogP contribution is 2.24. The molecule has 1 amide bonds. The van der Waals surface area contributed by atoms with E-state index in [4.69, 9.17) is 0 Å². The van der Waals surface area contributed by atoms with Gasteiger partial charge in [-0.05, 0) is 52.0 Å². The summed E-state index contributed by atoms with van der Waals surface area (Å²) < 4.78 is 0. The van der Waals surface area contributed by atoms with Crippen LogP contribution in [0.4, 0.5) is 5.69 Å². The molecule has 0 atom stereocenters. The third-order valence-electron chi connectivity index (χ3n) is 3.01. The van der Waals surface area contributed by atoms with Crippen LogP contribution in [0.25, 0.3) is 0 Å². The Morgan fingerprint density at radius 3 is 2.95 bits per heavy atom. The van der Waals surface area contributed by atoms with Crippen molar-refractivity contribution in [1.29, 1.82) is 0 Å². The second-order valence-corrected chi connectivity index (χ2v) is 5.26. The molecule has 0 unspecified atom stereocenters. The van der Waals surface area contributed by atoms with Gasteiger partial charge in [-0.1, -0.05) is 0 Å². The standard InChI is InChI=1S/C14H22N4O/c1-18(2)9-3-7-16-14(19)13-10-12(6-8-15-13)17-11-4-5-11/h6,8,10-11H,3-5,7,9H2,1-2H3,(H,15,17)(H,16,19). The summed E-state index contributed by atoms with van der Waals surface area (Å²) in [5.41, 5.74) is 1.46. The number of amides is 1. The van der Waals surface area contributed by atoms with Crippen molar-refractivity contribution in [3.63, 3.8) is 0 Å². The maximum atomic E-state index is 11.9. The Labute approximate surface area is 114 Å². The summed E-state index contributed by atoms with van der Waals surface area (Å²) in [6.07, 6.45) is 5.06. The summed E-state index contributed by atoms with van der Waals surface area (Å²) in [5.74, 6) is -0.0989. The monoisotopic (exact) mass is 262 g/mol. The predicted molar refractivity (Wildman–Crippen MR) is 76.4 cm³/mol. The molecule has 1 aliphatic carbocycles. The van der Waals surface area contributed by atoms with Gasteiger partial charge in [0.2, 0.25) is 0 Å². The number of carbonyl (C=O) groups excluding carboxylic acids is 1. The zero-order valence-electron chi connectivity index (χ0n) is 11.6. The fraction of sp³-hybridized carbons (Fsp3) is 0.571. The van der Waals surface area contributed by atoms with E-state index in [1.165, 1.54) is 12.8 Å². The van der Waals surface area contributed by atoms with Crippen LogP contribution in [0.5, 0.6) is 0 Å². The highest BCUT2D eigenvalue weighted by molar-refractivity contribution is 5.93. The Balaban J connectivity index is 1.80. The van der Waals surface area contributed by atoms with Gasteiger partial charge in [-0.2, -0.15) is 0 Å². The summed E-state index contributed by atoms with van der Waals surface area (Å²) >= 11 is 0. The van der Waals surface area contributed by atoms with E-state index in [1.807, 2.05) is 26.2 Å². The van der Waals surface area contributed by atoms with Crippen molar-refractivity contribution in [2.24, 2.45) is 0 Å². The van der Waals surface area contributed by atoms with E-state index < -0.39 is 0 Å². The molecule has 2 rings (SSSR count). The summed E-state index contributed by atoms with van der Waals surface area (Å²) in [4.78, 5) is 18.1. The Hall–Kier alpha value is -1.62. The van der Waals surface area contributed by atoms with Crippen LogP contribution in [0.2, 0.25) is 0 Å². The molecule has 1 aliphatic rings. The Kier molecular flexibility index (Phi) is 4.74. The fourth-order valence-corrected chi connectivity index (χ4v) is 1.80. The van der Waals surface area contributed by atoms with Gasteiger partial charge in [0, 0.05) is 24.5 Å². The highest BCUT2D eigenvalue weighted by atomic mass is 16.1. The first kappa shape index (κ1) is 13.8. The smallest absolute Gasteiger partial charge is 0.269 e. The topological polar surface area (TPSA) is 57.3 Å². The van der Waals surface area contributed by atoms with Gasteiger partial charge in [-0.3, -0.25) is 9.78 Å². The molecule has 1 aromatic rings. The van der Waals surface area contributed by atoms with E-state index in [0.29, 0.717) is 18.3 Å². The van der Waals surface area contributed by atoms with Crippen molar-refractivity contribution < 1.29 is 4.79 Å². The molecule has 1 saturated carbocycles. The van der Waals surface area contributed by atoms with Gasteiger partial charge in [0.1, 0.15) is 5.69 Å². The number of carbonyl (C=O) groups is 1. The molecule has 1 aromatic heterocycles. The Morgan fingerprint density at radius 2 is 2.26 bits per heavy atom. The minimum absolute atomic E-state index is 0.0989. The van der Waals surface area contributed by atoms with Crippen molar-refractivity contribution in [2.75, 3.05) is 32.5 Å². The second kappa shape index (κ2) is 6.52. The van der Waals surface area contributed by atoms with Crippen LogP contribution in [-0.2, 0) is 0 Å². The van der Waals surface area contributed by atoms with Gasteiger partial charge in [0.05, 0.1) is 0 Å². The summed E-state index contributed by atoms with van der Waals surface area (Å²) in [6, 6.07) is 4.30. The van der Waals surface area contributed by atoms with Gasteiger partial charge in [-0.25, -0.2) is 0 Å². The number of nitrogens with zero attached hydrogens (tertiary/aromatic N) is 2. The number of nitrogens with one attached hydrogen (secondary N) is 2.